The lowest BCUT2D eigenvalue weighted by molar-refractivity contribution is 0.200. The van der Waals surface area contributed by atoms with Gasteiger partial charge in [-0.2, -0.15) is 0 Å². The number of aromatic nitrogens is 1. The predicted molar refractivity (Wildman–Crippen MR) is 92.4 cm³/mol. The number of benzene rings is 1. The van der Waals surface area contributed by atoms with Crippen LogP contribution in [0.2, 0.25) is 0 Å². The van der Waals surface area contributed by atoms with Gasteiger partial charge < -0.3 is 14.6 Å². The van der Waals surface area contributed by atoms with E-state index in [-0.39, 0.29) is 6.03 Å². The Morgan fingerprint density at radius 1 is 1.12 bits per heavy atom. The van der Waals surface area contributed by atoms with E-state index in [0.717, 1.165) is 22.7 Å². The molecule has 1 N–H and O–H groups in total. The molecule has 2 heterocycles. The maximum Gasteiger partial charge on any atom is 0.322 e. The van der Waals surface area contributed by atoms with Gasteiger partial charge in [-0.25, -0.2) is 4.79 Å². The lowest BCUT2D eigenvalue weighted by atomic mass is 10.2. The summed E-state index contributed by atoms with van der Waals surface area (Å²) in [5.74, 6) is 0.727. The number of hydrogen-bond donors (Lipinski definition) is 1. The molecule has 24 heavy (non-hydrogen) atoms. The number of rotatable bonds is 5. The summed E-state index contributed by atoms with van der Waals surface area (Å²) >= 11 is 0. The van der Waals surface area contributed by atoms with E-state index >= 15 is 0 Å². The number of urea groups is 1. The van der Waals surface area contributed by atoms with E-state index in [1.165, 1.54) is 0 Å². The molecule has 3 aromatic rings. The monoisotopic (exact) mass is 321 g/mol. The third kappa shape index (κ3) is 4.23. The molecule has 3 rings (SSSR count). The number of carbonyl (C=O) groups is 1. The van der Waals surface area contributed by atoms with E-state index in [2.05, 4.69) is 10.3 Å². The van der Waals surface area contributed by atoms with Gasteiger partial charge in [0.2, 0.25) is 0 Å². The van der Waals surface area contributed by atoms with Crippen LogP contribution in [0.3, 0.4) is 0 Å². The Morgan fingerprint density at radius 2 is 2.04 bits per heavy atom. The van der Waals surface area contributed by atoms with Gasteiger partial charge in [0.15, 0.2) is 0 Å². The summed E-state index contributed by atoms with van der Waals surface area (Å²) in [5.41, 5.74) is 2.68. The van der Waals surface area contributed by atoms with Crippen LogP contribution in [0.1, 0.15) is 17.0 Å². The number of hydrogen-bond acceptors (Lipinski definition) is 3. The molecule has 0 aliphatic heterocycles. The van der Waals surface area contributed by atoms with E-state index in [1.54, 1.807) is 17.4 Å². The molecule has 0 bridgehead atoms. The molecule has 2 amide bonds. The molecule has 5 nitrogen and oxygen atoms in total. The Labute approximate surface area is 140 Å². The number of nitrogens with zero attached hydrogens (tertiary/aromatic N) is 2. The Morgan fingerprint density at radius 3 is 2.75 bits per heavy atom. The summed E-state index contributed by atoms with van der Waals surface area (Å²) in [6, 6.07) is 16.8. The van der Waals surface area contributed by atoms with Gasteiger partial charge in [0, 0.05) is 11.9 Å². The van der Waals surface area contributed by atoms with Crippen molar-refractivity contribution in [3.8, 4) is 0 Å². The Balaban J connectivity index is 1.76. The van der Waals surface area contributed by atoms with Gasteiger partial charge >= 0.3 is 6.03 Å². The van der Waals surface area contributed by atoms with Crippen molar-refractivity contribution in [3.63, 3.8) is 0 Å². The van der Waals surface area contributed by atoms with E-state index in [0.29, 0.717) is 13.1 Å². The molecule has 1 aromatic carbocycles. The van der Waals surface area contributed by atoms with E-state index in [1.807, 2.05) is 61.5 Å². The molecule has 0 saturated heterocycles. The van der Waals surface area contributed by atoms with Crippen molar-refractivity contribution in [1.29, 1.82) is 0 Å². The second kappa shape index (κ2) is 7.46. The maximum atomic E-state index is 12.7. The molecule has 0 aliphatic rings. The van der Waals surface area contributed by atoms with Crippen molar-refractivity contribution in [1.82, 2.24) is 9.88 Å². The highest BCUT2D eigenvalue weighted by atomic mass is 16.3. The fourth-order valence-electron chi connectivity index (χ4n) is 2.40. The van der Waals surface area contributed by atoms with Crippen molar-refractivity contribution < 1.29 is 9.21 Å². The van der Waals surface area contributed by atoms with Gasteiger partial charge in [0.25, 0.3) is 0 Å². The zero-order valence-corrected chi connectivity index (χ0v) is 13.5. The number of amides is 2. The number of aryl methyl sites for hydroxylation is 1. The highest BCUT2D eigenvalue weighted by Gasteiger charge is 2.16. The average molecular weight is 321 g/mol. The molecule has 5 heteroatoms. The van der Waals surface area contributed by atoms with Crippen molar-refractivity contribution in [2.24, 2.45) is 0 Å². The van der Waals surface area contributed by atoms with E-state index < -0.39 is 0 Å². The predicted octanol–water partition coefficient (Wildman–Crippen LogP) is 4.22. The van der Waals surface area contributed by atoms with Gasteiger partial charge in [0.05, 0.1) is 25.0 Å². The summed E-state index contributed by atoms with van der Waals surface area (Å²) in [6.45, 7) is 2.77. The highest BCUT2D eigenvalue weighted by Crippen LogP contribution is 2.14. The average Bonchev–Trinajstić information content (AvgIpc) is 3.08. The normalized spacial score (nSPS) is 10.4. The second-order valence-corrected chi connectivity index (χ2v) is 5.56. The summed E-state index contributed by atoms with van der Waals surface area (Å²) < 4.78 is 5.38. The summed E-state index contributed by atoms with van der Waals surface area (Å²) in [5, 5.41) is 2.93. The molecule has 0 unspecified atom stereocenters. The molecule has 2 aromatic heterocycles. The molecule has 122 valence electrons. The van der Waals surface area contributed by atoms with Crippen LogP contribution in [0, 0.1) is 6.92 Å². The number of nitrogens with one attached hydrogen (secondary N) is 1. The first-order valence-corrected chi connectivity index (χ1v) is 7.75. The molecule has 0 atom stereocenters. The molecular weight excluding hydrogens is 302 g/mol. The van der Waals surface area contributed by atoms with Crippen molar-refractivity contribution >= 4 is 11.7 Å². The van der Waals surface area contributed by atoms with Crippen LogP contribution in [0.5, 0.6) is 0 Å². The van der Waals surface area contributed by atoms with Crippen LogP contribution in [-0.2, 0) is 13.1 Å². The van der Waals surface area contributed by atoms with Crippen LogP contribution in [0.15, 0.2) is 71.5 Å². The Bertz CT molecular complexity index is 785. The Kier molecular flexibility index (Phi) is 4.91. The van der Waals surface area contributed by atoms with Crippen LogP contribution in [0.4, 0.5) is 10.5 Å². The maximum absolute atomic E-state index is 12.7. The first-order chi connectivity index (χ1) is 11.7. The van der Waals surface area contributed by atoms with Crippen molar-refractivity contribution in [2.45, 2.75) is 20.0 Å². The molecule has 0 radical (unpaired) electrons. The van der Waals surface area contributed by atoms with Crippen molar-refractivity contribution in [3.05, 3.63) is 84.1 Å². The third-order valence-electron chi connectivity index (χ3n) is 3.56. The van der Waals surface area contributed by atoms with Crippen LogP contribution in [-0.4, -0.2) is 15.9 Å². The summed E-state index contributed by atoms with van der Waals surface area (Å²) in [6.07, 6.45) is 3.33. The van der Waals surface area contributed by atoms with Crippen LogP contribution in [0.25, 0.3) is 0 Å². The summed E-state index contributed by atoms with van der Waals surface area (Å²) in [7, 11) is 0. The SMILES string of the molecule is Cc1cccc(NC(=O)N(Cc2ccccn2)Cc2ccco2)c1. The van der Waals surface area contributed by atoms with E-state index in [9.17, 15) is 4.79 Å². The van der Waals surface area contributed by atoms with Gasteiger partial charge in [-0.05, 0) is 48.9 Å². The first-order valence-electron chi connectivity index (χ1n) is 7.75. The molecule has 0 aliphatic carbocycles. The van der Waals surface area contributed by atoms with Crippen molar-refractivity contribution in [2.75, 3.05) is 5.32 Å². The largest absolute Gasteiger partial charge is 0.467 e. The smallest absolute Gasteiger partial charge is 0.322 e. The lowest BCUT2D eigenvalue weighted by Gasteiger charge is -2.22. The topological polar surface area (TPSA) is 58.4 Å². The molecule has 0 spiro atoms. The van der Waals surface area contributed by atoms with Gasteiger partial charge in [-0.3, -0.25) is 4.98 Å². The zero-order chi connectivity index (χ0) is 16.8. The summed E-state index contributed by atoms with van der Waals surface area (Å²) in [4.78, 5) is 18.7. The zero-order valence-electron chi connectivity index (χ0n) is 13.5. The van der Waals surface area contributed by atoms with E-state index in [4.69, 9.17) is 4.42 Å². The second-order valence-electron chi connectivity index (χ2n) is 5.56. The minimum absolute atomic E-state index is 0.192. The minimum atomic E-state index is -0.192. The fourth-order valence-corrected chi connectivity index (χ4v) is 2.40. The van der Waals surface area contributed by atoms with Gasteiger partial charge in [-0.1, -0.05) is 18.2 Å². The first kappa shape index (κ1) is 15.8. The lowest BCUT2D eigenvalue weighted by Crippen LogP contribution is -2.34. The highest BCUT2D eigenvalue weighted by molar-refractivity contribution is 5.89. The Hall–Kier alpha value is -3.08. The number of pyridine rings is 1. The minimum Gasteiger partial charge on any atom is -0.467 e. The van der Waals surface area contributed by atoms with Crippen LogP contribution >= 0.6 is 0 Å². The number of carbonyl (C=O) groups excluding carboxylic acids is 1. The molecular formula is C19H19N3O2. The van der Waals surface area contributed by atoms with Crippen LogP contribution < -0.4 is 5.32 Å². The van der Waals surface area contributed by atoms with Gasteiger partial charge in [-0.15, -0.1) is 0 Å². The quantitative estimate of drug-likeness (QED) is 0.765. The molecule has 0 fully saturated rings. The standard InChI is InChI=1S/C19H19N3O2/c1-15-6-4-8-16(12-15)21-19(23)22(14-18-9-5-11-24-18)13-17-7-2-3-10-20-17/h2-12H,13-14H2,1H3,(H,21,23). The number of furan rings is 1. The third-order valence-corrected chi connectivity index (χ3v) is 3.56. The van der Waals surface area contributed by atoms with Gasteiger partial charge in [0.1, 0.15) is 5.76 Å². The number of anilines is 1. The fraction of sp³-hybridized carbons (Fsp3) is 0.158. The molecule has 0 saturated carbocycles.